The molecule has 0 aromatic rings. The summed E-state index contributed by atoms with van der Waals surface area (Å²) in [6, 6.07) is 0. The number of rotatable bonds is 28. The van der Waals surface area contributed by atoms with Gasteiger partial charge >= 0.3 is 11.9 Å². The van der Waals surface area contributed by atoms with Crippen molar-refractivity contribution in [3.05, 3.63) is 119 Å². The van der Waals surface area contributed by atoms with E-state index in [4.69, 9.17) is 9.47 Å². The summed E-state index contributed by atoms with van der Waals surface area (Å²) in [5.41, 5.74) is 5.57. The van der Waals surface area contributed by atoms with E-state index in [0.29, 0.717) is 31.3 Å². The molecule has 0 bridgehead atoms. The summed E-state index contributed by atoms with van der Waals surface area (Å²) in [4.78, 5) is 51.8. The molecule has 0 aromatic carbocycles. The summed E-state index contributed by atoms with van der Waals surface area (Å²) in [5, 5.41) is 0. The Hall–Kier alpha value is -4.32. The van der Waals surface area contributed by atoms with Gasteiger partial charge in [0.15, 0.2) is 23.8 Å². The standard InChI is InChI=1S/C60H90O6/c1-13-15-17-19-21-23-25-37-55(61)65-53-43-59(9,10)51(49(7)57(53)63)41-39-47(5)35-29-33-45(3)31-27-28-32-46(4)34-30-36-48(6)40-42-52-50(8)58(64)54(44-60(52,11)12)66-56(62)38-26-24-22-20-18-16-14-2/h27-36,39-42,49,51,53-54H,13-26,37-38,43-44H2,1-12H3/b28-27+,33-29+,34-30+,41-39+,42-40+,45-31+,46-32+,47-35+,48-36+/t49?,51?,53-,54-/m0/s1. The minimum absolute atomic E-state index is 0.0296. The van der Waals surface area contributed by atoms with Crippen molar-refractivity contribution in [1.29, 1.82) is 0 Å². The number of carbonyl (C=O) groups excluding carboxylic acids is 4. The van der Waals surface area contributed by atoms with Gasteiger partial charge in [-0.3, -0.25) is 19.2 Å². The first-order chi connectivity index (χ1) is 31.3. The lowest BCUT2D eigenvalue weighted by Gasteiger charge is -2.43. The van der Waals surface area contributed by atoms with Crippen LogP contribution in [0.3, 0.4) is 0 Å². The second-order valence-electron chi connectivity index (χ2n) is 20.5. The fraction of sp³-hybridized carbons (Fsp3) is 0.600. The molecule has 6 nitrogen and oxygen atoms in total. The molecule has 0 saturated heterocycles. The van der Waals surface area contributed by atoms with Crippen LogP contribution in [0.5, 0.6) is 0 Å². The Labute approximate surface area is 402 Å². The highest BCUT2D eigenvalue weighted by Crippen LogP contribution is 2.45. The molecule has 366 valence electrons. The van der Waals surface area contributed by atoms with Gasteiger partial charge in [-0.05, 0) is 81.8 Å². The van der Waals surface area contributed by atoms with Gasteiger partial charge in [-0.1, -0.05) is 233 Å². The smallest absolute Gasteiger partial charge is 0.306 e. The highest BCUT2D eigenvalue weighted by molar-refractivity contribution is 6.01. The molecule has 2 aliphatic rings. The third-order valence-electron chi connectivity index (χ3n) is 13.3. The molecule has 2 aliphatic carbocycles. The predicted molar refractivity (Wildman–Crippen MR) is 278 cm³/mol. The molecular weight excluding hydrogens is 817 g/mol. The van der Waals surface area contributed by atoms with Gasteiger partial charge in [-0.2, -0.15) is 0 Å². The number of hydrogen-bond acceptors (Lipinski definition) is 6. The highest BCUT2D eigenvalue weighted by atomic mass is 16.6. The summed E-state index contributed by atoms with van der Waals surface area (Å²) in [6.07, 6.45) is 45.3. The first-order valence-electron chi connectivity index (χ1n) is 25.6. The largest absolute Gasteiger partial charge is 0.454 e. The molecule has 2 rings (SSSR count). The van der Waals surface area contributed by atoms with Gasteiger partial charge in [-0.25, -0.2) is 0 Å². The van der Waals surface area contributed by atoms with Crippen LogP contribution in [0.1, 0.15) is 199 Å². The Morgan fingerprint density at radius 2 is 1.00 bits per heavy atom. The van der Waals surface area contributed by atoms with Crippen LogP contribution in [0.4, 0.5) is 0 Å². The Kier molecular flexibility index (Phi) is 27.0. The first-order valence-corrected chi connectivity index (χ1v) is 25.6. The highest BCUT2D eigenvalue weighted by Gasteiger charge is 2.46. The average Bonchev–Trinajstić information content (AvgIpc) is 3.25. The molecule has 0 N–H and O–H groups in total. The number of ketones is 2. The molecule has 1 fully saturated rings. The number of hydrogen-bond donors (Lipinski definition) is 0. The second-order valence-corrected chi connectivity index (χ2v) is 20.5. The van der Waals surface area contributed by atoms with Crippen molar-refractivity contribution < 1.29 is 28.7 Å². The number of Topliss-reactive ketones (excluding diaryl/α,β-unsaturated/α-hetero) is 2. The minimum Gasteiger partial charge on any atom is -0.454 e. The van der Waals surface area contributed by atoms with Crippen LogP contribution in [0.2, 0.25) is 0 Å². The third kappa shape index (κ3) is 22.0. The van der Waals surface area contributed by atoms with E-state index in [2.05, 4.69) is 111 Å². The molecule has 0 aliphatic heterocycles. The molecule has 0 heterocycles. The van der Waals surface area contributed by atoms with Crippen molar-refractivity contribution in [2.75, 3.05) is 0 Å². The van der Waals surface area contributed by atoms with E-state index in [9.17, 15) is 19.2 Å². The molecule has 0 spiro atoms. The molecule has 6 heteroatoms. The molecule has 0 aromatic heterocycles. The Morgan fingerprint density at radius 3 is 1.50 bits per heavy atom. The van der Waals surface area contributed by atoms with Crippen LogP contribution in [0.15, 0.2) is 119 Å². The predicted octanol–water partition coefficient (Wildman–Crippen LogP) is 16.2. The molecule has 4 atom stereocenters. The van der Waals surface area contributed by atoms with E-state index in [1.54, 1.807) is 0 Å². The van der Waals surface area contributed by atoms with Crippen LogP contribution >= 0.6 is 0 Å². The molecule has 0 radical (unpaired) electrons. The Bertz CT molecular complexity index is 1880. The fourth-order valence-corrected chi connectivity index (χ4v) is 9.08. The average molecular weight is 907 g/mol. The van der Waals surface area contributed by atoms with Crippen molar-refractivity contribution in [2.24, 2.45) is 22.7 Å². The summed E-state index contributed by atoms with van der Waals surface area (Å²) < 4.78 is 11.5. The lowest BCUT2D eigenvalue weighted by molar-refractivity contribution is -0.163. The SMILES string of the molecule is CCCCCCCCCC(=O)O[C@H]1CC(C)(C)C(/C=C/C(C)=C/C=C/C(C)=C/C=C/C=C(C)/C=C/C=C(C)/C=C/C2C(C)C(=O)[C@@H](OC(=O)CCCCCCCCC)CC2(C)C)=C(C)C1=O. The van der Waals surface area contributed by atoms with E-state index in [1.807, 2.05) is 57.2 Å². The summed E-state index contributed by atoms with van der Waals surface area (Å²) in [5.74, 6) is -0.741. The van der Waals surface area contributed by atoms with Crippen molar-refractivity contribution >= 4 is 23.5 Å². The van der Waals surface area contributed by atoms with Crippen LogP contribution in [-0.2, 0) is 28.7 Å². The van der Waals surface area contributed by atoms with Gasteiger partial charge in [0.25, 0.3) is 0 Å². The van der Waals surface area contributed by atoms with Crippen molar-refractivity contribution in [3.8, 4) is 0 Å². The first kappa shape index (κ1) is 57.8. The van der Waals surface area contributed by atoms with Gasteiger partial charge in [0.1, 0.15) is 0 Å². The number of carbonyl (C=O) groups is 4. The normalized spacial score (nSPS) is 22.3. The van der Waals surface area contributed by atoms with Gasteiger partial charge in [0.2, 0.25) is 0 Å². The lowest BCUT2D eigenvalue weighted by atomic mass is 9.62. The van der Waals surface area contributed by atoms with E-state index < -0.39 is 12.2 Å². The van der Waals surface area contributed by atoms with Crippen LogP contribution in [0.25, 0.3) is 0 Å². The molecule has 1 saturated carbocycles. The zero-order chi connectivity index (χ0) is 49.1. The molecule has 2 unspecified atom stereocenters. The summed E-state index contributed by atoms with van der Waals surface area (Å²) in [7, 11) is 0. The van der Waals surface area contributed by atoms with Gasteiger partial charge in [0.05, 0.1) is 0 Å². The van der Waals surface area contributed by atoms with Crippen molar-refractivity contribution in [2.45, 2.75) is 211 Å². The van der Waals surface area contributed by atoms with Gasteiger partial charge in [0, 0.05) is 25.2 Å². The zero-order valence-corrected chi connectivity index (χ0v) is 43.6. The number of ether oxygens (including phenoxy) is 2. The lowest BCUT2D eigenvalue weighted by Crippen LogP contribution is -2.47. The van der Waals surface area contributed by atoms with Gasteiger partial charge < -0.3 is 9.47 Å². The van der Waals surface area contributed by atoms with E-state index >= 15 is 0 Å². The summed E-state index contributed by atoms with van der Waals surface area (Å²) >= 11 is 0. The fourth-order valence-electron chi connectivity index (χ4n) is 9.08. The second kappa shape index (κ2) is 30.9. The number of esters is 2. The number of unbranched alkanes of at least 4 members (excludes halogenated alkanes) is 12. The van der Waals surface area contributed by atoms with Crippen molar-refractivity contribution in [3.63, 3.8) is 0 Å². The monoisotopic (exact) mass is 907 g/mol. The van der Waals surface area contributed by atoms with Crippen molar-refractivity contribution in [1.82, 2.24) is 0 Å². The maximum Gasteiger partial charge on any atom is 0.306 e. The zero-order valence-electron chi connectivity index (χ0n) is 43.6. The topological polar surface area (TPSA) is 86.7 Å². The molecular formula is C60H90O6. The van der Waals surface area contributed by atoms with Gasteiger partial charge in [-0.15, -0.1) is 0 Å². The maximum absolute atomic E-state index is 13.3. The quantitative estimate of drug-likeness (QED) is 0.0442. The van der Waals surface area contributed by atoms with Crippen LogP contribution in [-0.4, -0.2) is 35.7 Å². The van der Waals surface area contributed by atoms with E-state index in [0.717, 1.165) is 66.4 Å². The summed E-state index contributed by atoms with van der Waals surface area (Å²) in [6.45, 7) is 25.1. The maximum atomic E-state index is 13.3. The van der Waals surface area contributed by atoms with E-state index in [1.165, 1.54) is 51.4 Å². The minimum atomic E-state index is -0.714. The number of allylic oxidation sites excluding steroid dienone is 19. The van der Waals surface area contributed by atoms with Crippen LogP contribution < -0.4 is 0 Å². The van der Waals surface area contributed by atoms with E-state index in [-0.39, 0.29) is 46.2 Å². The molecule has 0 amide bonds. The Balaban J connectivity index is 1.87. The van der Waals surface area contributed by atoms with Crippen LogP contribution in [0, 0.1) is 22.7 Å². The third-order valence-corrected chi connectivity index (χ3v) is 13.3. The Morgan fingerprint density at radius 1 is 0.576 bits per heavy atom. The molecule has 66 heavy (non-hydrogen) atoms.